The Bertz CT molecular complexity index is 355. The minimum absolute atomic E-state index is 0.0475. The van der Waals surface area contributed by atoms with Crippen LogP contribution in [-0.2, 0) is 0 Å². The second-order valence-corrected chi connectivity index (χ2v) is 1.85. The van der Waals surface area contributed by atoms with Gasteiger partial charge in [0.05, 0.1) is 12.4 Å². The van der Waals surface area contributed by atoms with Gasteiger partial charge in [-0.05, 0) is 0 Å². The highest BCUT2D eigenvalue weighted by atomic mass is 16.3. The summed E-state index contributed by atoms with van der Waals surface area (Å²) in [5.74, 6) is 0.0475. The smallest absolute Gasteiger partial charge is 0.163 e. The first kappa shape index (κ1) is 5.16. The van der Waals surface area contributed by atoms with Crippen molar-refractivity contribution in [3.63, 3.8) is 0 Å². The van der Waals surface area contributed by atoms with E-state index in [-0.39, 0.29) is 5.75 Å². The molecule has 10 heavy (non-hydrogen) atoms. The number of aromatic amines is 1. The minimum atomic E-state index is 0.0475. The van der Waals surface area contributed by atoms with Gasteiger partial charge in [-0.1, -0.05) is 0 Å². The van der Waals surface area contributed by atoms with Crippen LogP contribution in [0.1, 0.15) is 0 Å². The molecule has 2 aromatic heterocycles. The van der Waals surface area contributed by atoms with Gasteiger partial charge < -0.3 is 5.11 Å². The van der Waals surface area contributed by atoms with Crippen LogP contribution in [-0.4, -0.2) is 25.5 Å². The molecule has 0 fully saturated rings. The van der Waals surface area contributed by atoms with Gasteiger partial charge in [0, 0.05) is 0 Å². The minimum Gasteiger partial charge on any atom is -0.504 e. The molecule has 0 aliphatic rings. The molecule has 2 aromatic rings. The van der Waals surface area contributed by atoms with Crippen LogP contribution in [0.4, 0.5) is 0 Å². The van der Waals surface area contributed by atoms with Gasteiger partial charge in [-0.25, -0.2) is 0 Å². The van der Waals surface area contributed by atoms with Crippen molar-refractivity contribution in [3.8, 4) is 5.75 Å². The van der Waals surface area contributed by atoms with Gasteiger partial charge in [0.2, 0.25) is 0 Å². The maximum atomic E-state index is 9.08. The first-order chi connectivity index (χ1) is 4.88. The molecule has 2 heterocycles. The van der Waals surface area contributed by atoms with E-state index in [4.69, 9.17) is 5.11 Å². The maximum absolute atomic E-state index is 9.08. The molecular formula is C5H4N4O. The van der Waals surface area contributed by atoms with Gasteiger partial charge in [0.25, 0.3) is 0 Å². The van der Waals surface area contributed by atoms with Crippen molar-refractivity contribution in [1.82, 2.24) is 20.4 Å². The van der Waals surface area contributed by atoms with Crippen LogP contribution in [0.25, 0.3) is 11.0 Å². The van der Waals surface area contributed by atoms with E-state index in [9.17, 15) is 0 Å². The van der Waals surface area contributed by atoms with Crippen molar-refractivity contribution >= 4 is 11.0 Å². The van der Waals surface area contributed by atoms with Crippen molar-refractivity contribution < 1.29 is 5.11 Å². The molecule has 0 amide bonds. The number of aromatic nitrogens is 4. The van der Waals surface area contributed by atoms with E-state index < -0.39 is 0 Å². The number of nitrogens with zero attached hydrogens (tertiary/aromatic N) is 3. The molecule has 0 aromatic carbocycles. The molecule has 0 radical (unpaired) electrons. The Balaban J connectivity index is 2.95. The number of nitrogens with one attached hydrogen (secondary N) is 1. The number of pyridine rings is 1. The van der Waals surface area contributed by atoms with Crippen molar-refractivity contribution in [1.29, 1.82) is 0 Å². The highest BCUT2D eigenvalue weighted by molar-refractivity contribution is 5.78. The van der Waals surface area contributed by atoms with Crippen LogP contribution < -0.4 is 0 Å². The van der Waals surface area contributed by atoms with Crippen molar-refractivity contribution in [2.24, 2.45) is 0 Å². The third kappa shape index (κ3) is 0.540. The summed E-state index contributed by atoms with van der Waals surface area (Å²) in [6, 6.07) is 0. The average molecular weight is 136 g/mol. The molecule has 5 nitrogen and oxygen atoms in total. The van der Waals surface area contributed by atoms with Gasteiger partial charge >= 0.3 is 0 Å². The van der Waals surface area contributed by atoms with Crippen LogP contribution >= 0.6 is 0 Å². The monoisotopic (exact) mass is 136 g/mol. The molecule has 0 spiro atoms. The molecular weight excluding hydrogens is 132 g/mol. The van der Waals surface area contributed by atoms with E-state index in [1.54, 1.807) is 0 Å². The fraction of sp³-hybridized carbons (Fsp3) is 0. The maximum Gasteiger partial charge on any atom is 0.163 e. The van der Waals surface area contributed by atoms with Crippen LogP contribution in [0.3, 0.4) is 0 Å². The zero-order chi connectivity index (χ0) is 6.97. The quantitative estimate of drug-likeness (QED) is 0.537. The first-order valence-electron chi connectivity index (χ1n) is 2.71. The fourth-order valence-electron chi connectivity index (χ4n) is 0.757. The molecule has 0 aliphatic carbocycles. The van der Waals surface area contributed by atoms with Crippen molar-refractivity contribution in [3.05, 3.63) is 12.4 Å². The lowest BCUT2D eigenvalue weighted by Crippen LogP contribution is -1.73. The van der Waals surface area contributed by atoms with Gasteiger partial charge in [-0.15, -0.1) is 0 Å². The Morgan fingerprint density at radius 3 is 3.00 bits per heavy atom. The molecule has 2 N–H and O–H groups in total. The summed E-state index contributed by atoms with van der Waals surface area (Å²) in [4.78, 5) is 3.71. The molecule has 5 heteroatoms. The second-order valence-electron chi connectivity index (χ2n) is 1.85. The van der Waals surface area contributed by atoms with Crippen molar-refractivity contribution in [2.45, 2.75) is 0 Å². The van der Waals surface area contributed by atoms with E-state index in [1.165, 1.54) is 12.4 Å². The topological polar surface area (TPSA) is 74.7 Å². The summed E-state index contributed by atoms with van der Waals surface area (Å²) in [6.07, 6.45) is 2.85. The largest absolute Gasteiger partial charge is 0.504 e. The SMILES string of the molecule is Oc1cncc2n[nH]nc12. The van der Waals surface area contributed by atoms with Crippen molar-refractivity contribution in [2.75, 3.05) is 0 Å². The molecule has 0 saturated heterocycles. The normalized spacial score (nSPS) is 10.4. The predicted molar refractivity (Wildman–Crippen MR) is 33.3 cm³/mol. The van der Waals surface area contributed by atoms with E-state index in [0.717, 1.165) is 0 Å². The van der Waals surface area contributed by atoms with Gasteiger partial charge in [-0.2, -0.15) is 15.4 Å². The fourth-order valence-corrected chi connectivity index (χ4v) is 0.757. The number of hydrogen-bond donors (Lipinski definition) is 2. The molecule has 2 rings (SSSR count). The summed E-state index contributed by atoms with van der Waals surface area (Å²) in [5.41, 5.74) is 1.02. The number of fused-ring (bicyclic) bond motifs is 1. The molecule has 50 valence electrons. The van der Waals surface area contributed by atoms with Crippen LogP contribution in [0.15, 0.2) is 12.4 Å². The zero-order valence-corrected chi connectivity index (χ0v) is 4.94. The lowest BCUT2D eigenvalue weighted by atomic mass is 10.4. The van der Waals surface area contributed by atoms with E-state index in [2.05, 4.69) is 20.4 Å². The lowest BCUT2D eigenvalue weighted by Gasteiger charge is -1.86. The number of hydrogen-bond acceptors (Lipinski definition) is 4. The van der Waals surface area contributed by atoms with Gasteiger partial charge in [-0.3, -0.25) is 4.98 Å². The van der Waals surface area contributed by atoms with Gasteiger partial charge in [0.1, 0.15) is 5.52 Å². The number of rotatable bonds is 0. The third-order valence-corrected chi connectivity index (χ3v) is 1.21. The standard InChI is InChI=1S/C5H4N4O/c10-4-2-6-1-3-5(4)8-9-7-3/h1-2,10H,(H,7,8,9). The first-order valence-corrected chi connectivity index (χ1v) is 2.71. The average Bonchev–Trinajstić information content (AvgIpc) is 2.36. The third-order valence-electron chi connectivity index (χ3n) is 1.21. The van der Waals surface area contributed by atoms with Crippen LogP contribution in [0, 0.1) is 0 Å². The summed E-state index contributed by atoms with van der Waals surface area (Å²) in [7, 11) is 0. The Labute approximate surface area is 55.7 Å². The molecule has 0 bridgehead atoms. The summed E-state index contributed by atoms with van der Waals surface area (Å²) in [5, 5.41) is 18.9. The summed E-state index contributed by atoms with van der Waals surface area (Å²) >= 11 is 0. The molecule has 0 saturated carbocycles. The summed E-state index contributed by atoms with van der Waals surface area (Å²) < 4.78 is 0. The summed E-state index contributed by atoms with van der Waals surface area (Å²) in [6.45, 7) is 0. The zero-order valence-electron chi connectivity index (χ0n) is 4.94. The Morgan fingerprint density at radius 2 is 2.20 bits per heavy atom. The van der Waals surface area contributed by atoms with Gasteiger partial charge in [0.15, 0.2) is 11.3 Å². The molecule has 0 aliphatic heterocycles. The van der Waals surface area contributed by atoms with E-state index >= 15 is 0 Å². The Hall–Kier alpha value is -1.65. The second kappa shape index (κ2) is 1.66. The highest BCUT2D eigenvalue weighted by Gasteiger charge is 2.01. The van der Waals surface area contributed by atoms with E-state index in [1.807, 2.05) is 0 Å². The Morgan fingerprint density at radius 1 is 1.30 bits per heavy atom. The molecule has 0 unspecified atom stereocenters. The van der Waals surface area contributed by atoms with Crippen LogP contribution in [0.2, 0.25) is 0 Å². The number of H-pyrrole nitrogens is 1. The molecule has 0 atom stereocenters. The lowest BCUT2D eigenvalue weighted by molar-refractivity contribution is 0.478. The van der Waals surface area contributed by atoms with E-state index in [0.29, 0.717) is 11.0 Å². The highest BCUT2D eigenvalue weighted by Crippen LogP contribution is 2.16. The number of aromatic hydroxyl groups is 1. The van der Waals surface area contributed by atoms with Crippen LogP contribution in [0.5, 0.6) is 5.75 Å². The Kier molecular flexibility index (Phi) is 0.858. The predicted octanol–water partition coefficient (Wildman–Crippen LogP) is 0.0585.